The lowest BCUT2D eigenvalue weighted by atomic mass is 11.8. The van der Waals surface area contributed by atoms with Crippen LogP contribution in [0.1, 0.15) is 0 Å². The lowest BCUT2D eigenvalue weighted by Gasteiger charge is -2.00. The molecule has 0 saturated carbocycles. The Labute approximate surface area is 78.5 Å². The highest BCUT2D eigenvalue weighted by molar-refractivity contribution is 7.64. The summed E-state index contributed by atoms with van der Waals surface area (Å²) in [5.74, 6) is 0. The van der Waals surface area contributed by atoms with Gasteiger partial charge in [0.25, 0.3) is 0 Å². The van der Waals surface area contributed by atoms with Crippen LogP contribution in [0.2, 0.25) is 26.2 Å². The van der Waals surface area contributed by atoms with Crippen molar-refractivity contribution in [2.45, 2.75) is 26.2 Å². The molecule has 0 aromatic rings. The van der Waals surface area contributed by atoms with Crippen LogP contribution < -0.4 is 0 Å². The molecule has 0 heterocycles. The Bertz CT molecular complexity index is 61.5. The van der Waals surface area contributed by atoms with E-state index in [4.69, 9.17) is 38.0 Å². The fourth-order valence-electron chi connectivity index (χ4n) is 0. The summed E-state index contributed by atoms with van der Waals surface area (Å²) in [5.41, 5.74) is 0. The average molecular weight is 240 g/mol. The van der Waals surface area contributed by atoms with Gasteiger partial charge >= 0.3 is 6.00 Å². The van der Waals surface area contributed by atoms with Gasteiger partial charge in [0.15, 0.2) is 8.32 Å². The summed E-state index contributed by atoms with van der Waals surface area (Å²) in [5, 5.41) is 0. The van der Waals surface area contributed by atoms with E-state index in [9.17, 15) is 0 Å². The van der Waals surface area contributed by atoms with Gasteiger partial charge in [-0.2, -0.15) is 0 Å². The van der Waals surface area contributed by atoms with Gasteiger partial charge in [0.1, 0.15) is 0 Å². The van der Waals surface area contributed by atoms with Crippen LogP contribution in [0, 0.1) is 0 Å². The molecule has 0 spiro atoms. The Morgan fingerprint density at radius 2 is 0.900 bits per heavy atom. The minimum absolute atomic E-state index is 1.61. The van der Waals surface area contributed by atoms with Gasteiger partial charge in [-0.1, -0.05) is 0 Å². The smallest absolute Gasteiger partial charge is 0.338 e. The maximum absolute atomic E-state index is 8.66. The van der Waals surface area contributed by atoms with E-state index < -0.39 is 14.3 Å². The van der Waals surface area contributed by atoms with Gasteiger partial charge in [0.2, 0.25) is 0 Å². The molecule has 0 aliphatic heterocycles. The third kappa shape index (κ3) is 396. The summed E-state index contributed by atoms with van der Waals surface area (Å²) in [7, 11) is -1.61. The van der Waals surface area contributed by atoms with Crippen molar-refractivity contribution in [3.8, 4) is 0 Å². The van der Waals surface area contributed by atoms with Gasteiger partial charge in [-0.15, -0.1) is 33.2 Å². The SMILES string of the molecule is C[Si](C)(C)O.C[Si](Cl)(Cl)Cl. The Balaban J connectivity index is 0. The molecule has 10 heavy (non-hydrogen) atoms. The third-order valence-corrected chi connectivity index (χ3v) is 0. The Morgan fingerprint density at radius 3 is 0.900 bits per heavy atom. The van der Waals surface area contributed by atoms with Crippen molar-refractivity contribution in [2.24, 2.45) is 0 Å². The number of rotatable bonds is 0. The van der Waals surface area contributed by atoms with E-state index in [1.807, 2.05) is 19.6 Å². The Morgan fingerprint density at radius 1 is 0.900 bits per heavy atom. The second-order valence-corrected chi connectivity index (χ2v) is 17.4. The fourth-order valence-corrected chi connectivity index (χ4v) is 0. The molecule has 1 nitrogen and oxygen atoms in total. The maximum atomic E-state index is 8.66. The highest BCUT2D eigenvalue weighted by Gasteiger charge is 2.13. The number of halogens is 3. The second kappa shape index (κ2) is 5.01. The molecule has 0 radical (unpaired) electrons. The minimum Gasteiger partial charge on any atom is -0.433 e. The summed E-state index contributed by atoms with van der Waals surface area (Å²) in [6, 6.07) is -2.19. The predicted octanol–water partition coefficient (Wildman–Crippen LogP) is 3.09. The first kappa shape index (κ1) is 13.8. The van der Waals surface area contributed by atoms with Crippen LogP contribution in [0.15, 0.2) is 0 Å². The zero-order valence-electron chi connectivity index (χ0n) is 6.58. The van der Waals surface area contributed by atoms with E-state index in [1.54, 1.807) is 6.55 Å². The van der Waals surface area contributed by atoms with Gasteiger partial charge in [0.05, 0.1) is 0 Å². The van der Waals surface area contributed by atoms with E-state index in [1.165, 1.54) is 0 Å². The van der Waals surface area contributed by atoms with Gasteiger partial charge in [-0.3, -0.25) is 0 Å². The van der Waals surface area contributed by atoms with Crippen molar-refractivity contribution in [1.29, 1.82) is 0 Å². The van der Waals surface area contributed by atoms with Gasteiger partial charge in [-0.05, 0) is 26.2 Å². The van der Waals surface area contributed by atoms with Crippen molar-refractivity contribution >= 4 is 47.6 Å². The van der Waals surface area contributed by atoms with Crippen LogP contribution in [0.4, 0.5) is 0 Å². The second-order valence-electron chi connectivity index (χ2n) is 2.95. The molecule has 0 saturated heterocycles. The van der Waals surface area contributed by atoms with Crippen LogP contribution in [-0.2, 0) is 0 Å². The van der Waals surface area contributed by atoms with Crippen molar-refractivity contribution in [3.05, 3.63) is 0 Å². The Hall–Kier alpha value is 1.26. The molecule has 0 aromatic carbocycles. The molecular formula is C4H13Cl3OSi2. The van der Waals surface area contributed by atoms with E-state index in [0.717, 1.165) is 0 Å². The fraction of sp³-hybridized carbons (Fsp3) is 1.00. The third-order valence-electron chi connectivity index (χ3n) is 0. The topological polar surface area (TPSA) is 20.2 Å². The van der Waals surface area contributed by atoms with E-state index in [2.05, 4.69) is 0 Å². The van der Waals surface area contributed by atoms with Crippen molar-refractivity contribution < 1.29 is 4.80 Å². The highest BCUT2D eigenvalue weighted by Crippen LogP contribution is 2.17. The lowest BCUT2D eigenvalue weighted by molar-refractivity contribution is 0.561. The highest BCUT2D eigenvalue weighted by atomic mass is 35.8. The quantitative estimate of drug-likeness (QED) is 0.509. The van der Waals surface area contributed by atoms with Crippen LogP contribution in [0.25, 0.3) is 0 Å². The summed E-state index contributed by atoms with van der Waals surface area (Å²) < 4.78 is 0. The molecule has 0 rings (SSSR count). The first-order chi connectivity index (χ1) is 4.00. The molecule has 0 atom stereocenters. The molecule has 0 aliphatic rings. The molecule has 0 aromatic heterocycles. The molecule has 0 unspecified atom stereocenters. The maximum Gasteiger partial charge on any atom is 0.338 e. The van der Waals surface area contributed by atoms with E-state index >= 15 is 0 Å². The normalized spacial score (nSPS) is 12.0. The molecular weight excluding hydrogens is 227 g/mol. The van der Waals surface area contributed by atoms with Gasteiger partial charge < -0.3 is 4.80 Å². The average Bonchev–Trinajstić information content (AvgIpc) is 1.12. The molecule has 64 valence electrons. The zero-order chi connectivity index (χ0) is 9.00. The zero-order valence-corrected chi connectivity index (χ0v) is 10.8. The summed E-state index contributed by atoms with van der Waals surface area (Å²) in [4.78, 5) is 8.66. The molecule has 0 amide bonds. The van der Waals surface area contributed by atoms with Crippen LogP contribution >= 0.6 is 33.2 Å². The number of hydrogen-bond donors (Lipinski definition) is 1. The predicted molar refractivity (Wildman–Crippen MR) is 54.7 cm³/mol. The summed E-state index contributed by atoms with van der Waals surface area (Å²) in [6.07, 6.45) is 0. The van der Waals surface area contributed by atoms with Crippen LogP contribution in [0.5, 0.6) is 0 Å². The summed E-state index contributed by atoms with van der Waals surface area (Å²) >= 11 is 15.6. The Kier molecular flexibility index (Phi) is 6.92. The van der Waals surface area contributed by atoms with Gasteiger partial charge in [0, 0.05) is 0 Å². The van der Waals surface area contributed by atoms with Crippen molar-refractivity contribution in [2.75, 3.05) is 0 Å². The largest absolute Gasteiger partial charge is 0.433 e. The molecule has 0 aliphatic carbocycles. The van der Waals surface area contributed by atoms with Gasteiger partial charge in [-0.25, -0.2) is 0 Å². The lowest BCUT2D eigenvalue weighted by Crippen LogP contribution is -2.17. The van der Waals surface area contributed by atoms with Crippen molar-refractivity contribution in [1.82, 2.24) is 0 Å². The van der Waals surface area contributed by atoms with Crippen molar-refractivity contribution in [3.63, 3.8) is 0 Å². The first-order valence-electron chi connectivity index (χ1n) is 2.79. The van der Waals surface area contributed by atoms with Crippen LogP contribution in [0.3, 0.4) is 0 Å². The monoisotopic (exact) mass is 238 g/mol. The molecule has 1 N–H and O–H groups in total. The van der Waals surface area contributed by atoms with Crippen LogP contribution in [-0.4, -0.2) is 19.1 Å². The standard InChI is InChI=1S/C3H10OSi.CH3Cl3Si/c2*1-5(2,3)4/h4H,1-3H3;1H3. The molecule has 0 bridgehead atoms. The minimum atomic E-state index is -2.19. The molecule has 6 heteroatoms. The summed E-state index contributed by atoms with van der Waals surface area (Å²) in [6.45, 7) is 7.27. The van der Waals surface area contributed by atoms with E-state index in [0.29, 0.717) is 0 Å². The number of hydrogen-bond acceptors (Lipinski definition) is 1. The molecule has 0 fully saturated rings. The first-order valence-corrected chi connectivity index (χ1v) is 11.8. The van der Waals surface area contributed by atoms with E-state index in [-0.39, 0.29) is 0 Å².